The van der Waals surface area contributed by atoms with Crippen molar-refractivity contribution in [3.8, 4) is 51.0 Å². The minimum Gasteiger partial charge on any atom is -0.493 e. The normalized spacial score (nSPS) is 10.6. The lowest BCUT2D eigenvalue weighted by atomic mass is 10.00. The fourth-order valence-electron chi connectivity index (χ4n) is 3.22. The van der Waals surface area contributed by atoms with Crippen LogP contribution >= 0.6 is 0 Å². The smallest absolute Gasteiger partial charge is 0.203 e. The molecule has 4 rings (SSSR count). The molecule has 2 aromatic heterocycles. The zero-order chi connectivity index (χ0) is 20.2. The summed E-state index contributed by atoms with van der Waals surface area (Å²) in [5.41, 5.74) is 4.59. The third kappa shape index (κ3) is 3.52. The van der Waals surface area contributed by atoms with Gasteiger partial charge in [0.05, 0.1) is 33.2 Å². The number of methoxy groups -OCH3 is 3. The van der Waals surface area contributed by atoms with Crippen LogP contribution in [0.3, 0.4) is 0 Å². The summed E-state index contributed by atoms with van der Waals surface area (Å²) in [6.45, 7) is 0. The lowest BCUT2D eigenvalue weighted by molar-refractivity contribution is 0.324. The summed E-state index contributed by atoms with van der Waals surface area (Å²) < 4.78 is 21.9. The van der Waals surface area contributed by atoms with Crippen molar-refractivity contribution in [1.29, 1.82) is 0 Å². The fraction of sp³-hybridized carbons (Fsp3) is 0.130. The second-order valence-corrected chi connectivity index (χ2v) is 6.27. The second-order valence-electron chi connectivity index (χ2n) is 6.27. The van der Waals surface area contributed by atoms with E-state index in [9.17, 15) is 0 Å². The molecular formula is C23H20N2O4. The molecule has 146 valence electrons. The maximum Gasteiger partial charge on any atom is 0.203 e. The Morgan fingerprint density at radius 3 is 2.03 bits per heavy atom. The Labute approximate surface area is 168 Å². The maximum atomic E-state index is 5.58. The van der Waals surface area contributed by atoms with Crippen molar-refractivity contribution < 1.29 is 18.7 Å². The number of nitrogens with zero attached hydrogens (tertiary/aromatic N) is 2. The van der Waals surface area contributed by atoms with Crippen LogP contribution in [0.25, 0.3) is 33.7 Å². The predicted octanol–water partition coefficient (Wildman–Crippen LogP) is 5.10. The molecule has 0 N–H and O–H groups in total. The SMILES string of the molecule is COc1cc(-c2oncc2-c2ccc(-c3ccccn3)cc2)cc(OC)c1OC. The maximum absolute atomic E-state index is 5.58. The molecule has 0 unspecified atom stereocenters. The summed E-state index contributed by atoms with van der Waals surface area (Å²) in [6, 6.07) is 17.7. The van der Waals surface area contributed by atoms with Gasteiger partial charge >= 0.3 is 0 Å². The monoisotopic (exact) mass is 388 g/mol. The number of rotatable bonds is 6. The van der Waals surface area contributed by atoms with E-state index in [2.05, 4.69) is 10.1 Å². The first-order chi connectivity index (χ1) is 14.2. The molecule has 4 aromatic rings. The third-order valence-corrected chi connectivity index (χ3v) is 4.65. The van der Waals surface area contributed by atoms with E-state index >= 15 is 0 Å². The Morgan fingerprint density at radius 1 is 0.759 bits per heavy atom. The molecule has 0 aliphatic carbocycles. The molecule has 6 heteroatoms. The van der Waals surface area contributed by atoms with E-state index < -0.39 is 0 Å². The largest absolute Gasteiger partial charge is 0.493 e. The first-order valence-electron chi connectivity index (χ1n) is 9.02. The molecule has 0 spiro atoms. The minimum absolute atomic E-state index is 0.527. The van der Waals surface area contributed by atoms with Gasteiger partial charge in [0.25, 0.3) is 0 Å². The summed E-state index contributed by atoms with van der Waals surface area (Å²) in [7, 11) is 4.74. The molecule has 0 saturated heterocycles. The van der Waals surface area contributed by atoms with Crippen molar-refractivity contribution in [3.63, 3.8) is 0 Å². The number of aromatic nitrogens is 2. The highest BCUT2D eigenvalue weighted by molar-refractivity contribution is 5.82. The highest BCUT2D eigenvalue weighted by atomic mass is 16.5. The highest BCUT2D eigenvalue weighted by Gasteiger charge is 2.19. The molecule has 0 saturated carbocycles. The third-order valence-electron chi connectivity index (χ3n) is 4.65. The number of ether oxygens (including phenoxy) is 3. The molecule has 2 heterocycles. The van der Waals surface area contributed by atoms with Crippen LogP contribution in [0.4, 0.5) is 0 Å². The summed E-state index contributed by atoms with van der Waals surface area (Å²) in [6.07, 6.45) is 3.49. The zero-order valence-corrected chi connectivity index (χ0v) is 16.4. The number of hydrogen-bond acceptors (Lipinski definition) is 6. The van der Waals surface area contributed by atoms with Gasteiger partial charge in [0.15, 0.2) is 17.3 Å². The Morgan fingerprint density at radius 2 is 1.45 bits per heavy atom. The van der Waals surface area contributed by atoms with Crippen LogP contribution in [0, 0.1) is 0 Å². The van der Waals surface area contributed by atoms with Crippen LogP contribution in [0.2, 0.25) is 0 Å². The number of benzene rings is 2. The molecular weight excluding hydrogens is 368 g/mol. The van der Waals surface area contributed by atoms with Gasteiger partial charge in [-0.3, -0.25) is 4.98 Å². The zero-order valence-electron chi connectivity index (χ0n) is 16.4. The first-order valence-corrected chi connectivity index (χ1v) is 9.02. The van der Waals surface area contributed by atoms with E-state index in [0.717, 1.165) is 27.9 Å². The Balaban J connectivity index is 1.74. The van der Waals surface area contributed by atoms with Crippen LogP contribution < -0.4 is 14.2 Å². The molecule has 0 bridgehead atoms. The van der Waals surface area contributed by atoms with Gasteiger partial charge in [0.2, 0.25) is 5.75 Å². The van der Waals surface area contributed by atoms with Gasteiger partial charge in [0, 0.05) is 22.9 Å². The van der Waals surface area contributed by atoms with E-state index in [0.29, 0.717) is 23.0 Å². The van der Waals surface area contributed by atoms with Gasteiger partial charge in [-0.2, -0.15) is 0 Å². The molecule has 0 aliphatic heterocycles. The molecule has 0 aliphatic rings. The van der Waals surface area contributed by atoms with Crippen molar-refractivity contribution in [1.82, 2.24) is 10.1 Å². The first kappa shape index (κ1) is 18.6. The van der Waals surface area contributed by atoms with E-state index in [1.807, 2.05) is 54.6 Å². The topological polar surface area (TPSA) is 66.6 Å². The van der Waals surface area contributed by atoms with Gasteiger partial charge < -0.3 is 18.7 Å². The van der Waals surface area contributed by atoms with E-state index in [-0.39, 0.29) is 0 Å². The highest BCUT2D eigenvalue weighted by Crippen LogP contribution is 2.43. The van der Waals surface area contributed by atoms with Gasteiger partial charge in [-0.15, -0.1) is 0 Å². The van der Waals surface area contributed by atoms with Gasteiger partial charge in [-0.05, 0) is 29.8 Å². The van der Waals surface area contributed by atoms with Crippen LogP contribution in [0.5, 0.6) is 17.2 Å². The molecule has 29 heavy (non-hydrogen) atoms. The molecule has 0 atom stereocenters. The predicted molar refractivity (Wildman–Crippen MR) is 110 cm³/mol. The van der Waals surface area contributed by atoms with E-state index in [4.69, 9.17) is 18.7 Å². The average Bonchev–Trinajstić information content (AvgIpc) is 3.28. The summed E-state index contributed by atoms with van der Waals surface area (Å²) in [5, 5.41) is 4.01. The van der Waals surface area contributed by atoms with Crippen molar-refractivity contribution in [2.45, 2.75) is 0 Å². The van der Waals surface area contributed by atoms with Gasteiger partial charge in [-0.1, -0.05) is 35.5 Å². The second kappa shape index (κ2) is 8.06. The van der Waals surface area contributed by atoms with Crippen LogP contribution in [0.15, 0.2) is 71.5 Å². The lowest BCUT2D eigenvalue weighted by Gasteiger charge is -2.13. The Hall–Kier alpha value is -3.80. The molecule has 6 nitrogen and oxygen atoms in total. The molecule has 0 fully saturated rings. The van der Waals surface area contributed by atoms with Crippen molar-refractivity contribution >= 4 is 0 Å². The Kier molecular flexibility index (Phi) is 5.16. The Bertz CT molecular complexity index is 1080. The quantitative estimate of drug-likeness (QED) is 0.458. The van der Waals surface area contributed by atoms with Crippen molar-refractivity contribution in [3.05, 3.63) is 67.0 Å². The summed E-state index contributed by atoms with van der Waals surface area (Å²) in [4.78, 5) is 4.39. The van der Waals surface area contributed by atoms with Crippen molar-refractivity contribution in [2.24, 2.45) is 0 Å². The average molecular weight is 388 g/mol. The molecule has 2 aromatic carbocycles. The summed E-state index contributed by atoms with van der Waals surface area (Å²) in [5.74, 6) is 2.25. The minimum atomic E-state index is 0.527. The molecule has 0 radical (unpaired) electrons. The standard InChI is InChI=1S/C23H20N2O4/c1-26-20-12-17(13-21(27-2)23(20)28-3)22-18(14-25-29-22)15-7-9-16(10-8-15)19-6-4-5-11-24-19/h4-14H,1-3H3. The van der Waals surface area contributed by atoms with Crippen LogP contribution in [0.1, 0.15) is 0 Å². The number of hydrogen-bond donors (Lipinski definition) is 0. The summed E-state index contributed by atoms with van der Waals surface area (Å²) >= 11 is 0. The van der Waals surface area contributed by atoms with Crippen LogP contribution in [-0.2, 0) is 0 Å². The van der Waals surface area contributed by atoms with E-state index in [1.165, 1.54) is 0 Å². The molecule has 0 amide bonds. The van der Waals surface area contributed by atoms with Crippen LogP contribution in [-0.4, -0.2) is 31.5 Å². The van der Waals surface area contributed by atoms with E-state index in [1.54, 1.807) is 33.7 Å². The van der Waals surface area contributed by atoms with Gasteiger partial charge in [-0.25, -0.2) is 0 Å². The lowest BCUT2D eigenvalue weighted by Crippen LogP contribution is -1.95. The fourth-order valence-corrected chi connectivity index (χ4v) is 3.22. The van der Waals surface area contributed by atoms with Crippen molar-refractivity contribution in [2.75, 3.05) is 21.3 Å². The number of pyridine rings is 1. The van der Waals surface area contributed by atoms with Gasteiger partial charge in [0.1, 0.15) is 0 Å².